The van der Waals surface area contributed by atoms with E-state index < -0.39 is 0 Å². The van der Waals surface area contributed by atoms with Crippen molar-refractivity contribution in [3.05, 3.63) is 22.7 Å². The number of rotatable bonds is 2. The molecule has 0 saturated heterocycles. The molecule has 0 unspecified atom stereocenters. The van der Waals surface area contributed by atoms with Gasteiger partial charge in [0.15, 0.2) is 5.78 Å². The van der Waals surface area contributed by atoms with E-state index in [1.165, 1.54) is 20.1 Å². The highest BCUT2D eigenvalue weighted by Crippen LogP contribution is 2.25. The summed E-state index contributed by atoms with van der Waals surface area (Å²) >= 11 is 5.83. The van der Waals surface area contributed by atoms with E-state index in [2.05, 4.69) is 0 Å². The van der Waals surface area contributed by atoms with Crippen LogP contribution in [0.25, 0.3) is 0 Å². The van der Waals surface area contributed by atoms with Gasteiger partial charge >= 0.3 is 0 Å². The third-order valence-electron chi connectivity index (χ3n) is 1.65. The van der Waals surface area contributed by atoms with E-state index in [4.69, 9.17) is 24.2 Å². The van der Waals surface area contributed by atoms with Gasteiger partial charge in [-0.2, -0.15) is 0 Å². The smallest absolute Gasteiger partial charge is 0.165 e. The summed E-state index contributed by atoms with van der Waals surface area (Å²) < 4.78 is 4.98. The lowest BCUT2D eigenvalue weighted by Gasteiger charge is -2.08. The van der Waals surface area contributed by atoms with Gasteiger partial charge < -0.3 is 4.74 Å². The van der Waals surface area contributed by atoms with E-state index in [1.54, 1.807) is 6.07 Å². The molecule has 0 bridgehead atoms. The number of carbonyl (C=O) groups excluding carboxylic acids is 1. The van der Waals surface area contributed by atoms with Gasteiger partial charge in [0, 0.05) is 0 Å². The third kappa shape index (κ3) is 2.04. The fraction of sp³-hybridized carbons (Fsp3) is 0.222. The van der Waals surface area contributed by atoms with Crippen LogP contribution >= 0.6 is 11.6 Å². The number of ether oxygens (including phenoxy) is 1. The molecule has 4 heteroatoms. The Morgan fingerprint density at radius 3 is 2.62 bits per heavy atom. The van der Waals surface area contributed by atoms with Crippen LogP contribution in [0.1, 0.15) is 17.3 Å². The number of ketones is 1. The van der Waals surface area contributed by atoms with E-state index in [9.17, 15) is 4.79 Å². The van der Waals surface area contributed by atoms with Crippen LogP contribution in [0.15, 0.2) is 12.1 Å². The van der Waals surface area contributed by atoms with Gasteiger partial charge in [0.1, 0.15) is 13.6 Å². The molecule has 0 saturated carbocycles. The fourth-order valence-corrected chi connectivity index (χ4v) is 1.46. The van der Waals surface area contributed by atoms with Gasteiger partial charge in [-0.25, -0.2) is 0 Å². The Bertz CT molecular complexity index is 350. The lowest BCUT2D eigenvalue weighted by molar-refractivity contribution is 0.101. The normalized spacial score (nSPS) is 9.77. The zero-order valence-electron chi connectivity index (χ0n) is 7.43. The van der Waals surface area contributed by atoms with Gasteiger partial charge in [0.25, 0.3) is 0 Å². The molecular weight excluding hydrogens is 186 g/mol. The molecule has 1 aromatic rings. The number of benzene rings is 1. The van der Waals surface area contributed by atoms with E-state index in [1.807, 2.05) is 0 Å². The molecule has 0 N–H and O–H groups in total. The van der Waals surface area contributed by atoms with Crippen LogP contribution in [0.3, 0.4) is 0 Å². The van der Waals surface area contributed by atoms with Crippen molar-refractivity contribution in [2.75, 3.05) is 7.11 Å². The molecule has 1 aromatic carbocycles. The summed E-state index contributed by atoms with van der Waals surface area (Å²) in [5.74, 6) is 0.277. The highest BCUT2D eigenvalue weighted by atomic mass is 35.5. The predicted molar refractivity (Wildman–Crippen MR) is 53.4 cm³/mol. The van der Waals surface area contributed by atoms with Gasteiger partial charge in [-0.1, -0.05) is 17.1 Å². The van der Waals surface area contributed by atoms with Gasteiger partial charge in [0.2, 0.25) is 0 Å². The summed E-state index contributed by atoms with van der Waals surface area (Å²) in [6.07, 6.45) is 0. The summed E-state index contributed by atoms with van der Waals surface area (Å²) in [6, 6.07) is 3.10. The molecule has 2 radical (unpaired) electrons. The van der Waals surface area contributed by atoms with Crippen molar-refractivity contribution in [3.63, 3.8) is 0 Å². The number of Topliss-reactive ketones (excluding diaryl/α,β-unsaturated/α-hetero) is 1. The fourth-order valence-electron chi connectivity index (χ4n) is 1.10. The summed E-state index contributed by atoms with van der Waals surface area (Å²) in [5.41, 5.74) is 0.852. The molecule has 0 heterocycles. The maximum absolute atomic E-state index is 11.2. The number of carbonyl (C=O) groups is 1. The average Bonchev–Trinajstić information content (AvgIpc) is 2.01. The maximum atomic E-state index is 11.2. The Hall–Kier alpha value is -0.955. The Morgan fingerprint density at radius 2 is 2.15 bits per heavy atom. The van der Waals surface area contributed by atoms with Crippen LogP contribution in [-0.4, -0.2) is 20.7 Å². The molecule has 0 aliphatic rings. The molecule has 0 aliphatic heterocycles. The van der Waals surface area contributed by atoms with Crippen LogP contribution in [0, 0.1) is 0 Å². The molecule has 1 rings (SSSR count). The molecule has 2 nitrogen and oxygen atoms in total. The number of halogens is 1. The topological polar surface area (TPSA) is 26.3 Å². The summed E-state index contributed by atoms with van der Waals surface area (Å²) in [6.45, 7) is 1.43. The van der Waals surface area contributed by atoms with Crippen molar-refractivity contribution in [2.24, 2.45) is 0 Å². The monoisotopic (exact) mass is 194 g/mol. The lowest BCUT2D eigenvalue weighted by atomic mass is 9.94. The number of hydrogen-bond donors (Lipinski definition) is 0. The van der Waals surface area contributed by atoms with Crippen LogP contribution in [0.4, 0.5) is 0 Å². The molecule has 0 aromatic heterocycles. The molecule has 0 aliphatic carbocycles. The zero-order chi connectivity index (χ0) is 10.0. The lowest BCUT2D eigenvalue weighted by Crippen LogP contribution is -2.07. The first-order valence-electron chi connectivity index (χ1n) is 3.70. The van der Waals surface area contributed by atoms with Crippen LogP contribution < -0.4 is 10.2 Å². The highest BCUT2D eigenvalue weighted by molar-refractivity contribution is 6.38. The Morgan fingerprint density at radius 1 is 1.54 bits per heavy atom. The van der Waals surface area contributed by atoms with Crippen molar-refractivity contribution < 1.29 is 9.53 Å². The molecular formula is C9H8BClO2. The summed E-state index contributed by atoms with van der Waals surface area (Å²) in [4.78, 5) is 11.2. The second-order valence-electron chi connectivity index (χ2n) is 2.64. The molecule has 66 valence electrons. The summed E-state index contributed by atoms with van der Waals surface area (Å²) in [5, 5.41) is 0.323. The second-order valence-corrected chi connectivity index (χ2v) is 3.04. The highest BCUT2D eigenvalue weighted by Gasteiger charge is 2.12. The van der Waals surface area contributed by atoms with Crippen molar-refractivity contribution in [1.82, 2.24) is 0 Å². The molecule has 13 heavy (non-hydrogen) atoms. The molecule has 0 amide bonds. The second kappa shape index (κ2) is 3.84. The van der Waals surface area contributed by atoms with Gasteiger partial charge in [-0.3, -0.25) is 4.79 Å². The number of methoxy groups -OCH3 is 1. The van der Waals surface area contributed by atoms with Gasteiger partial charge in [0.05, 0.1) is 17.7 Å². The van der Waals surface area contributed by atoms with E-state index in [0.717, 1.165) is 0 Å². The first-order chi connectivity index (χ1) is 6.06. The Balaban J connectivity index is 3.38. The maximum Gasteiger partial charge on any atom is 0.165 e. The van der Waals surface area contributed by atoms with E-state index in [0.29, 0.717) is 21.8 Å². The quantitative estimate of drug-likeness (QED) is 0.525. The predicted octanol–water partition coefficient (Wildman–Crippen LogP) is 1.34. The van der Waals surface area contributed by atoms with Gasteiger partial charge in [-0.15, -0.1) is 0 Å². The average molecular weight is 194 g/mol. The molecule has 0 atom stereocenters. The zero-order valence-corrected chi connectivity index (χ0v) is 8.18. The third-order valence-corrected chi connectivity index (χ3v) is 1.95. The standard InChI is InChI=1S/C9H8BClO2/c1-5(12)9-7(11)3-6(10)4-8(9)13-2/h3-4H,1-2H3. The minimum Gasteiger partial charge on any atom is -0.496 e. The minimum atomic E-state index is -0.137. The first kappa shape index (κ1) is 10.1. The Labute approximate surface area is 83.3 Å². The number of hydrogen-bond acceptors (Lipinski definition) is 2. The van der Waals surface area contributed by atoms with E-state index >= 15 is 0 Å². The van der Waals surface area contributed by atoms with Crippen molar-refractivity contribution in [3.8, 4) is 5.75 Å². The van der Waals surface area contributed by atoms with Crippen molar-refractivity contribution in [2.45, 2.75) is 6.92 Å². The van der Waals surface area contributed by atoms with Crippen molar-refractivity contribution >= 4 is 30.7 Å². The van der Waals surface area contributed by atoms with Crippen LogP contribution in [0.2, 0.25) is 5.02 Å². The minimum absolute atomic E-state index is 0.137. The van der Waals surface area contributed by atoms with Crippen molar-refractivity contribution in [1.29, 1.82) is 0 Å². The largest absolute Gasteiger partial charge is 0.496 e. The first-order valence-corrected chi connectivity index (χ1v) is 4.08. The molecule has 0 fully saturated rings. The SMILES string of the molecule is [B]c1cc(Cl)c(C(C)=O)c(OC)c1. The van der Waals surface area contributed by atoms with Crippen LogP contribution in [0.5, 0.6) is 5.75 Å². The van der Waals surface area contributed by atoms with E-state index in [-0.39, 0.29) is 5.78 Å². The van der Waals surface area contributed by atoms with Gasteiger partial charge in [-0.05, 0) is 19.1 Å². The summed E-state index contributed by atoms with van der Waals surface area (Å²) in [7, 11) is 7.00. The van der Waals surface area contributed by atoms with Crippen LogP contribution in [-0.2, 0) is 0 Å². The molecule has 0 spiro atoms. The Kier molecular flexibility index (Phi) is 2.99.